The highest BCUT2D eigenvalue weighted by Gasteiger charge is 2.11. The standard InChI is InChI=1S/C10H10ClFO2/c1-2-14-9-4-3-8(12)10(11)7(9)5-6-13/h3-4,6H,2,5H2,1H3. The quantitative estimate of drug-likeness (QED) is 0.724. The van der Waals surface area contributed by atoms with Crippen molar-refractivity contribution < 1.29 is 13.9 Å². The van der Waals surface area contributed by atoms with Crippen molar-refractivity contribution in [1.82, 2.24) is 0 Å². The SMILES string of the molecule is CCOc1ccc(F)c(Cl)c1CC=O. The van der Waals surface area contributed by atoms with Crippen LogP contribution < -0.4 is 4.74 Å². The van der Waals surface area contributed by atoms with E-state index in [1.165, 1.54) is 12.1 Å². The van der Waals surface area contributed by atoms with Gasteiger partial charge in [0.1, 0.15) is 17.9 Å². The van der Waals surface area contributed by atoms with Gasteiger partial charge in [0, 0.05) is 12.0 Å². The maximum Gasteiger partial charge on any atom is 0.142 e. The van der Waals surface area contributed by atoms with Gasteiger partial charge in [-0.2, -0.15) is 0 Å². The topological polar surface area (TPSA) is 26.3 Å². The first kappa shape index (κ1) is 11.0. The zero-order chi connectivity index (χ0) is 10.6. The number of halogens is 2. The molecule has 0 aliphatic rings. The molecule has 0 spiro atoms. The van der Waals surface area contributed by atoms with Gasteiger partial charge in [0.05, 0.1) is 11.6 Å². The van der Waals surface area contributed by atoms with Crippen LogP contribution in [0.3, 0.4) is 0 Å². The number of benzene rings is 1. The summed E-state index contributed by atoms with van der Waals surface area (Å²) in [4.78, 5) is 10.4. The zero-order valence-electron chi connectivity index (χ0n) is 7.72. The number of hydrogen-bond donors (Lipinski definition) is 0. The molecule has 1 aromatic rings. The predicted octanol–water partition coefficient (Wildman–Crippen LogP) is 2.62. The maximum atomic E-state index is 13.0. The van der Waals surface area contributed by atoms with Crippen molar-refractivity contribution in [3.63, 3.8) is 0 Å². The lowest BCUT2D eigenvalue weighted by Crippen LogP contribution is -1.99. The lowest BCUT2D eigenvalue weighted by Gasteiger charge is -2.09. The zero-order valence-corrected chi connectivity index (χ0v) is 8.47. The fourth-order valence-corrected chi connectivity index (χ4v) is 1.37. The summed E-state index contributed by atoms with van der Waals surface area (Å²) < 4.78 is 18.2. The van der Waals surface area contributed by atoms with Crippen LogP contribution in [0.25, 0.3) is 0 Å². The second-order valence-electron chi connectivity index (χ2n) is 2.64. The first-order valence-corrected chi connectivity index (χ1v) is 4.61. The Kier molecular flexibility index (Phi) is 3.89. The number of rotatable bonds is 4. The number of carbonyl (C=O) groups excluding carboxylic acids is 1. The summed E-state index contributed by atoms with van der Waals surface area (Å²) in [5, 5.41) is -0.0388. The van der Waals surface area contributed by atoms with E-state index in [1.54, 1.807) is 0 Å². The lowest BCUT2D eigenvalue weighted by atomic mass is 10.1. The summed E-state index contributed by atoms with van der Waals surface area (Å²) in [5.74, 6) is -0.0713. The Morgan fingerprint density at radius 1 is 1.57 bits per heavy atom. The van der Waals surface area contributed by atoms with Crippen molar-refractivity contribution in [2.45, 2.75) is 13.3 Å². The highest BCUT2D eigenvalue weighted by molar-refractivity contribution is 6.31. The monoisotopic (exact) mass is 216 g/mol. The molecule has 14 heavy (non-hydrogen) atoms. The Bertz CT molecular complexity index is 339. The maximum absolute atomic E-state index is 13.0. The van der Waals surface area contributed by atoms with E-state index in [4.69, 9.17) is 16.3 Å². The average molecular weight is 217 g/mol. The molecule has 76 valence electrons. The normalized spacial score (nSPS) is 9.93. The Labute approximate surface area is 86.6 Å². The van der Waals surface area contributed by atoms with E-state index in [9.17, 15) is 9.18 Å². The molecule has 0 N–H and O–H groups in total. The van der Waals surface area contributed by atoms with Gasteiger partial charge in [0.25, 0.3) is 0 Å². The molecule has 0 aliphatic heterocycles. The molecule has 0 saturated carbocycles. The first-order chi connectivity index (χ1) is 6.70. The Balaban J connectivity index is 3.14. The molecule has 4 heteroatoms. The van der Waals surface area contributed by atoms with E-state index in [0.717, 1.165) is 0 Å². The molecule has 0 atom stereocenters. The van der Waals surface area contributed by atoms with Crippen LogP contribution in [0.1, 0.15) is 12.5 Å². The van der Waals surface area contributed by atoms with Crippen molar-refractivity contribution >= 4 is 17.9 Å². The van der Waals surface area contributed by atoms with E-state index in [2.05, 4.69) is 0 Å². The summed E-state index contributed by atoms with van der Waals surface area (Å²) in [6, 6.07) is 2.70. The summed E-state index contributed by atoms with van der Waals surface area (Å²) in [7, 11) is 0. The van der Waals surface area contributed by atoms with E-state index >= 15 is 0 Å². The van der Waals surface area contributed by atoms with Crippen LogP contribution in [0.15, 0.2) is 12.1 Å². The molecular weight excluding hydrogens is 207 g/mol. The third-order valence-corrected chi connectivity index (χ3v) is 2.15. The van der Waals surface area contributed by atoms with E-state index in [1.807, 2.05) is 6.92 Å². The molecule has 1 rings (SSSR count). The summed E-state index contributed by atoms with van der Waals surface area (Å²) in [6.07, 6.45) is 0.731. The number of aldehydes is 1. The smallest absolute Gasteiger partial charge is 0.142 e. The van der Waals surface area contributed by atoms with E-state index < -0.39 is 5.82 Å². The van der Waals surface area contributed by atoms with Gasteiger partial charge in [-0.05, 0) is 19.1 Å². The van der Waals surface area contributed by atoms with Crippen LogP contribution in [-0.4, -0.2) is 12.9 Å². The van der Waals surface area contributed by atoms with Crippen LogP contribution in [0, 0.1) is 5.82 Å². The molecule has 0 aliphatic carbocycles. The van der Waals surface area contributed by atoms with Gasteiger partial charge in [-0.25, -0.2) is 4.39 Å². The Morgan fingerprint density at radius 2 is 2.29 bits per heavy atom. The number of hydrogen-bond acceptors (Lipinski definition) is 2. The number of ether oxygens (including phenoxy) is 1. The van der Waals surface area contributed by atoms with Gasteiger partial charge in [-0.15, -0.1) is 0 Å². The molecule has 0 amide bonds. The van der Waals surface area contributed by atoms with Crippen LogP contribution >= 0.6 is 11.6 Å². The first-order valence-electron chi connectivity index (χ1n) is 4.24. The van der Waals surface area contributed by atoms with Crippen molar-refractivity contribution in [3.05, 3.63) is 28.5 Å². The highest BCUT2D eigenvalue weighted by Crippen LogP contribution is 2.29. The molecule has 0 unspecified atom stereocenters. The second kappa shape index (κ2) is 4.96. The van der Waals surface area contributed by atoms with E-state index in [0.29, 0.717) is 24.2 Å². The Morgan fingerprint density at radius 3 is 2.86 bits per heavy atom. The molecule has 1 aromatic carbocycles. The molecule has 0 aromatic heterocycles. The number of carbonyl (C=O) groups is 1. The predicted molar refractivity (Wildman–Crippen MR) is 52.3 cm³/mol. The van der Waals surface area contributed by atoms with Gasteiger partial charge in [0.15, 0.2) is 0 Å². The average Bonchev–Trinajstić information content (AvgIpc) is 2.18. The highest BCUT2D eigenvalue weighted by atomic mass is 35.5. The van der Waals surface area contributed by atoms with Crippen molar-refractivity contribution in [3.8, 4) is 5.75 Å². The van der Waals surface area contributed by atoms with Gasteiger partial charge in [0.2, 0.25) is 0 Å². The van der Waals surface area contributed by atoms with Crippen LogP contribution in [0.2, 0.25) is 5.02 Å². The molecule has 0 radical (unpaired) electrons. The molecule has 0 saturated heterocycles. The molecule has 0 fully saturated rings. The van der Waals surface area contributed by atoms with Gasteiger partial charge < -0.3 is 9.53 Å². The van der Waals surface area contributed by atoms with Gasteiger partial charge in [-0.3, -0.25) is 0 Å². The minimum atomic E-state index is -0.535. The molecule has 0 bridgehead atoms. The summed E-state index contributed by atoms with van der Waals surface area (Å²) >= 11 is 5.70. The minimum Gasteiger partial charge on any atom is -0.494 e. The van der Waals surface area contributed by atoms with Gasteiger partial charge in [-0.1, -0.05) is 11.6 Å². The van der Waals surface area contributed by atoms with Crippen LogP contribution in [-0.2, 0) is 11.2 Å². The largest absolute Gasteiger partial charge is 0.494 e. The fourth-order valence-electron chi connectivity index (χ4n) is 1.14. The van der Waals surface area contributed by atoms with Crippen LogP contribution in [0.4, 0.5) is 4.39 Å². The molecular formula is C10H10ClFO2. The third kappa shape index (κ3) is 2.23. The van der Waals surface area contributed by atoms with Crippen molar-refractivity contribution in [2.75, 3.05) is 6.61 Å². The lowest BCUT2D eigenvalue weighted by molar-refractivity contribution is -0.107. The molecule has 0 heterocycles. The summed E-state index contributed by atoms with van der Waals surface area (Å²) in [5.41, 5.74) is 0.406. The second-order valence-corrected chi connectivity index (χ2v) is 3.02. The fraction of sp³-hybridized carbons (Fsp3) is 0.300. The van der Waals surface area contributed by atoms with E-state index in [-0.39, 0.29) is 11.4 Å². The Hall–Kier alpha value is -1.09. The van der Waals surface area contributed by atoms with Crippen molar-refractivity contribution in [1.29, 1.82) is 0 Å². The minimum absolute atomic E-state index is 0.0388. The summed E-state index contributed by atoms with van der Waals surface area (Å²) in [6.45, 7) is 2.26. The van der Waals surface area contributed by atoms with Crippen LogP contribution in [0.5, 0.6) is 5.75 Å². The molecule has 2 nitrogen and oxygen atoms in total. The van der Waals surface area contributed by atoms with Crippen molar-refractivity contribution in [2.24, 2.45) is 0 Å². The van der Waals surface area contributed by atoms with Gasteiger partial charge >= 0.3 is 0 Å². The third-order valence-electron chi connectivity index (χ3n) is 1.74.